The number of halogens is 1. The van der Waals surface area contributed by atoms with E-state index < -0.39 is 6.10 Å². The number of anilines is 1. The van der Waals surface area contributed by atoms with Crippen LogP contribution in [0, 0.1) is 22.7 Å². The Morgan fingerprint density at radius 2 is 1.81 bits per heavy atom. The van der Waals surface area contributed by atoms with E-state index in [0.29, 0.717) is 22.7 Å². The first kappa shape index (κ1) is 14.9. The molecule has 0 saturated carbocycles. The van der Waals surface area contributed by atoms with Gasteiger partial charge in [0.05, 0.1) is 28.3 Å². The molecule has 2 aromatic carbocycles. The first-order valence-corrected chi connectivity index (χ1v) is 6.63. The molecule has 0 saturated heterocycles. The zero-order valence-corrected chi connectivity index (χ0v) is 11.8. The predicted molar refractivity (Wildman–Crippen MR) is 80.8 cm³/mol. The van der Waals surface area contributed by atoms with Crippen LogP contribution in [0.25, 0.3) is 0 Å². The van der Waals surface area contributed by atoms with E-state index in [9.17, 15) is 5.11 Å². The highest BCUT2D eigenvalue weighted by Gasteiger charge is 2.08. The fraction of sp³-hybridized carbons (Fsp3) is 0.125. The number of rotatable bonds is 4. The Morgan fingerprint density at radius 1 is 1.10 bits per heavy atom. The van der Waals surface area contributed by atoms with Crippen molar-refractivity contribution in [1.29, 1.82) is 10.5 Å². The Labute approximate surface area is 127 Å². The molecule has 0 aliphatic carbocycles. The van der Waals surface area contributed by atoms with Gasteiger partial charge in [-0.1, -0.05) is 23.7 Å². The van der Waals surface area contributed by atoms with Gasteiger partial charge in [-0.2, -0.15) is 10.5 Å². The average molecular weight is 298 g/mol. The van der Waals surface area contributed by atoms with Gasteiger partial charge in [-0.15, -0.1) is 0 Å². The topological polar surface area (TPSA) is 79.8 Å². The summed E-state index contributed by atoms with van der Waals surface area (Å²) in [6.45, 7) is 0.300. The monoisotopic (exact) mass is 297 g/mol. The lowest BCUT2D eigenvalue weighted by atomic mass is 10.1. The summed E-state index contributed by atoms with van der Waals surface area (Å²) in [7, 11) is 0. The summed E-state index contributed by atoms with van der Waals surface area (Å²) in [5, 5.41) is 31.0. The van der Waals surface area contributed by atoms with Crippen molar-refractivity contribution in [2.45, 2.75) is 6.10 Å². The summed E-state index contributed by atoms with van der Waals surface area (Å²) in [4.78, 5) is 0. The number of hydrogen-bond donors (Lipinski definition) is 2. The molecular formula is C16H12ClN3O. The highest BCUT2D eigenvalue weighted by Crippen LogP contribution is 2.21. The van der Waals surface area contributed by atoms with Crippen LogP contribution in [0.2, 0.25) is 5.02 Å². The Morgan fingerprint density at radius 3 is 2.38 bits per heavy atom. The number of nitriles is 2. The van der Waals surface area contributed by atoms with Crippen LogP contribution < -0.4 is 5.32 Å². The summed E-state index contributed by atoms with van der Waals surface area (Å²) in [5.74, 6) is 0. The molecule has 4 nitrogen and oxygen atoms in total. The van der Waals surface area contributed by atoms with E-state index in [0.717, 1.165) is 11.3 Å². The molecule has 0 aliphatic rings. The van der Waals surface area contributed by atoms with Crippen molar-refractivity contribution >= 4 is 17.3 Å². The lowest BCUT2D eigenvalue weighted by Gasteiger charge is -2.13. The van der Waals surface area contributed by atoms with Gasteiger partial charge in [-0.25, -0.2) is 0 Å². The van der Waals surface area contributed by atoms with Crippen molar-refractivity contribution in [3.63, 3.8) is 0 Å². The van der Waals surface area contributed by atoms with Gasteiger partial charge >= 0.3 is 0 Å². The normalized spacial score (nSPS) is 11.2. The predicted octanol–water partition coefficient (Wildman–Crippen LogP) is 3.23. The molecule has 0 radical (unpaired) electrons. The third-order valence-electron chi connectivity index (χ3n) is 3.01. The first-order chi connectivity index (χ1) is 10.1. The van der Waals surface area contributed by atoms with Crippen LogP contribution in [0.4, 0.5) is 5.69 Å². The smallest absolute Gasteiger partial charge is 0.101 e. The Balaban J connectivity index is 2.00. The Kier molecular flexibility index (Phi) is 4.79. The fourth-order valence-electron chi connectivity index (χ4n) is 1.83. The van der Waals surface area contributed by atoms with Gasteiger partial charge in [-0.05, 0) is 35.9 Å². The van der Waals surface area contributed by atoms with Crippen LogP contribution in [0.3, 0.4) is 0 Å². The zero-order valence-electron chi connectivity index (χ0n) is 11.0. The molecular weight excluding hydrogens is 286 g/mol. The molecule has 2 aromatic rings. The maximum absolute atomic E-state index is 10.1. The number of aliphatic hydroxyl groups is 1. The van der Waals surface area contributed by atoms with Crippen LogP contribution in [-0.2, 0) is 0 Å². The minimum Gasteiger partial charge on any atom is -0.387 e. The number of hydrogen-bond acceptors (Lipinski definition) is 4. The first-order valence-electron chi connectivity index (χ1n) is 6.25. The second-order valence-electron chi connectivity index (χ2n) is 4.44. The third-order valence-corrected chi connectivity index (χ3v) is 3.33. The van der Waals surface area contributed by atoms with Crippen LogP contribution >= 0.6 is 11.6 Å². The largest absolute Gasteiger partial charge is 0.387 e. The summed E-state index contributed by atoms with van der Waals surface area (Å²) in [6, 6.07) is 15.8. The molecule has 0 fully saturated rings. The molecule has 1 unspecified atom stereocenters. The zero-order chi connectivity index (χ0) is 15.2. The molecule has 0 amide bonds. The molecule has 0 spiro atoms. The summed E-state index contributed by atoms with van der Waals surface area (Å²) in [6.07, 6.45) is -0.702. The maximum atomic E-state index is 10.1. The van der Waals surface area contributed by atoms with Gasteiger partial charge in [0.1, 0.15) is 6.07 Å². The quantitative estimate of drug-likeness (QED) is 0.908. The molecule has 104 valence electrons. The van der Waals surface area contributed by atoms with Crippen LogP contribution in [0.1, 0.15) is 22.8 Å². The van der Waals surface area contributed by atoms with Gasteiger partial charge in [0.2, 0.25) is 0 Å². The summed E-state index contributed by atoms with van der Waals surface area (Å²) >= 11 is 5.94. The van der Waals surface area contributed by atoms with Crippen molar-refractivity contribution in [1.82, 2.24) is 0 Å². The molecule has 0 heterocycles. The van der Waals surface area contributed by atoms with Gasteiger partial charge in [-0.3, -0.25) is 0 Å². The van der Waals surface area contributed by atoms with Gasteiger partial charge in [0.15, 0.2) is 0 Å². The van der Waals surface area contributed by atoms with E-state index >= 15 is 0 Å². The minimum absolute atomic E-state index is 0.300. The van der Waals surface area contributed by atoms with Crippen LogP contribution in [0.15, 0.2) is 42.5 Å². The highest BCUT2D eigenvalue weighted by molar-refractivity contribution is 6.32. The van der Waals surface area contributed by atoms with Crippen molar-refractivity contribution < 1.29 is 5.11 Å². The second kappa shape index (κ2) is 6.76. The maximum Gasteiger partial charge on any atom is 0.101 e. The molecule has 0 bridgehead atoms. The van der Waals surface area contributed by atoms with Crippen LogP contribution in [-0.4, -0.2) is 11.7 Å². The molecule has 2 rings (SSSR count). The lowest BCUT2D eigenvalue weighted by molar-refractivity contribution is 0.191. The van der Waals surface area contributed by atoms with Gasteiger partial charge in [0, 0.05) is 12.2 Å². The molecule has 0 aromatic heterocycles. The Bertz CT molecular complexity index is 714. The fourth-order valence-corrected chi connectivity index (χ4v) is 2.05. The van der Waals surface area contributed by atoms with E-state index in [4.69, 9.17) is 22.1 Å². The number of nitrogens with one attached hydrogen (secondary N) is 1. The number of benzene rings is 2. The molecule has 2 N–H and O–H groups in total. The number of aliphatic hydroxyl groups excluding tert-OH is 1. The van der Waals surface area contributed by atoms with Crippen molar-refractivity contribution in [2.75, 3.05) is 11.9 Å². The summed E-state index contributed by atoms with van der Waals surface area (Å²) in [5.41, 5.74) is 2.42. The van der Waals surface area contributed by atoms with Crippen molar-refractivity contribution in [2.24, 2.45) is 0 Å². The average Bonchev–Trinajstić information content (AvgIpc) is 2.52. The second-order valence-corrected chi connectivity index (χ2v) is 4.84. The van der Waals surface area contributed by atoms with Gasteiger partial charge < -0.3 is 10.4 Å². The lowest BCUT2D eigenvalue weighted by Crippen LogP contribution is -2.12. The highest BCUT2D eigenvalue weighted by atomic mass is 35.5. The SMILES string of the molecule is N#Cc1ccc(C(O)CNc2ccc(C#N)c(Cl)c2)cc1. The molecule has 5 heteroatoms. The van der Waals surface area contributed by atoms with Gasteiger partial charge in [0.25, 0.3) is 0 Å². The van der Waals surface area contributed by atoms with Crippen LogP contribution in [0.5, 0.6) is 0 Å². The van der Waals surface area contributed by atoms with E-state index in [1.165, 1.54) is 0 Å². The molecule has 1 atom stereocenters. The van der Waals surface area contributed by atoms with E-state index in [2.05, 4.69) is 5.32 Å². The Hall–Kier alpha value is -2.53. The summed E-state index contributed by atoms with van der Waals surface area (Å²) < 4.78 is 0. The van der Waals surface area contributed by atoms with E-state index in [-0.39, 0.29) is 0 Å². The van der Waals surface area contributed by atoms with E-state index in [1.807, 2.05) is 12.1 Å². The van der Waals surface area contributed by atoms with Crippen molar-refractivity contribution in [3.8, 4) is 12.1 Å². The minimum atomic E-state index is -0.702. The third kappa shape index (κ3) is 3.73. The molecule has 0 aliphatic heterocycles. The number of nitrogens with zero attached hydrogens (tertiary/aromatic N) is 2. The molecule has 21 heavy (non-hydrogen) atoms. The standard InChI is InChI=1S/C16H12ClN3O/c17-15-7-14(6-5-13(15)9-19)20-10-16(21)12-3-1-11(8-18)2-4-12/h1-7,16,20-21H,10H2. The van der Waals surface area contributed by atoms with E-state index in [1.54, 1.807) is 42.5 Å². The van der Waals surface area contributed by atoms with Crippen molar-refractivity contribution in [3.05, 3.63) is 64.2 Å².